The fourth-order valence-corrected chi connectivity index (χ4v) is 4.79. The highest BCUT2D eigenvalue weighted by Gasteiger charge is 2.44. The molecule has 3 aliphatic heterocycles. The highest BCUT2D eigenvalue weighted by atomic mass is 16.5. The number of esters is 1. The molecule has 5 atom stereocenters. The Kier molecular flexibility index (Phi) is 5.36. The molecule has 148 valence electrons. The summed E-state index contributed by atoms with van der Waals surface area (Å²) in [6, 6.07) is 8.03. The van der Waals surface area contributed by atoms with Crippen LogP contribution in [0.1, 0.15) is 37.9 Å². The van der Waals surface area contributed by atoms with E-state index in [1.54, 1.807) is 13.3 Å². The molecule has 28 heavy (non-hydrogen) atoms. The Morgan fingerprint density at radius 1 is 1.43 bits per heavy atom. The van der Waals surface area contributed by atoms with Crippen LogP contribution in [0, 0.1) is 11.8 Å². The minimum atomic E-state index is -0.307. The van der Waals surface area contributed by atoms with E-state index in [4.69, 9.17) is 9.47 Å². The van der Waals surface area contributed by atoms with Gasteiger partial charge in [0.05, 0.1) is 18.7 Å². The third kappa shape index (κ3) is 3.39. The van der Waals surface area contributed by atoms with Crippen LogP contribution in [-0.4, -0.2) is 42.1 Å². The zero-order valence-electron chi connectivity index (χ0n) is 16.6. The lowest BCUT2D eigenvalue weighted by atomic mass is 9.73. The molecule has 1 aromatic heterocycles. The van der Waals surface area contributed by atoms with E-state index in [0.717, 1.165) is 41.7 Å². The lowest BCUT2D eigenvalue weighted by Gasteiger charge is -2.51. The highest BCUT2D eigenvalue weighted by molar-refractivity contribution is 5.84. The highest BCUT2D eigenvalue weighted by Crippen LogP contribution is 2.43. The Labute approximate surface area is 166 Å². The van der Waals surface area contributed by atoms with Crippen molar-refractivity contribution in [1.82, 2.24) is 9.88 Å². The maximum Gasteiger partial charge on any atom is 0.306 e. The lowest BCUT2D eigenvalue weighted by molar-refractivity contribution is -0.156. The largest absolute Gasteiger partial charge is 0.497 e. The molecule has 5 heteroatoms. The molecular formula is C23H28N2O3. The normalized spacial score (nSPS) is 27.4. The summed E-state index contributed by atoms with van der Waals surface area (Å²) in [7, 11) is 1.66. The fraction of sp³-hybridized carbons (Fsp3) is 0.478. The molecule has 0 spiro atoms. The maximum absolute atomic E-state index is 12.3. The predicted molar refractivity (Wildman–Crippen MR) is 109 cm³/mol. The van der Waals surface area contributed by atoms with Crippen molar-refractivity contribution in [2.45, 2.75) is 38.3 Å². The zero-order chi connectivity index (χ0) is 19.7. The van der Waals surface area contributed by atoms with Gasteiger partial charge >= 0.3 is 5.97 Å². The SMILES string of the molecule is C=C[C@@H]1CN2CC[C@H]1C[C@@H]2[C@@H](OC(=O)CC)c1ccnc2ccc(OC)cc12. The summed E-state index contributed by atoms with van der Waals surface area (Å²) in [5.41, 5.74) is 1.90. The number of methoxy groups -OCH3 is 1. The number of carbonyl (C=O) groups is 1. The number of piperidine rings is 3. The molecule has 3 fully saturated rings. The van der Waals surface area contributed by atoms with Crippen LogP contribution in [0.4, 0.5) is 0 Å². The van der Waals surface area contributed by atoms with Crippen molar-refractivity contribution < 1.29 is 14.3 Å². The first-order valence-corrected chi connectivity index (χ1v) is 10.1. The second-order valence-electron chi connectivity index (χ2n) is 7.79. The van der Waals surface area contributed by atoms with Crippen LogP contribution >= 0.6 is 0 Å². The van der Waals surface area contributed by atoms with Crippen LogP contribution in [0.2, 0.25) is 0 Å². The Bertz CT molecular complexity index is 881. The molecule has 3 aliphatic rings. The average Bonchev–Trinajstić information content (AvgIpc) is 2.76. The molecule has 2 bridgehead atoms. The number of rotatable bonds is 6. The van der Waals surface area contributed by atoms with Gasteiger partial charge in [0.15, 0.2) is 0 Å². The van der Waals surface area contributed by atoms with Crippen LogP contribution in [-0.2, 0) is 9.53 Å². The molecule has 0 radical (unpaired) electrons. The number of fused-ring (bicyclic) bond motifs is 4. The monoisotopic (exact) mass is 380 g/mol. The van der Waals surface area contributed by atoms with Gasteiger partial charge in [-0.1, -0.05) is 13.0 Å². The first kappa shape index (κ1) is 18.9. The second kappa shape index (κ2) is 7.92. The van der Waals surface area contributed by atoms with Crippen LogP contribution < -0.4 is 4.74 Å². The molecule has 5 rings (SSSR count). The molecule has 1 aromatic carbocycles. The molecule has 3 saturated heterocycles. The molecule has 0 amide bonds. The van der Waals surface area contributed by atoms with Crippen molar-refractivity contribution in [1.29, 1.82) is 0 Å². The van der Waals surface area contributed by atoms with Crippen LogP contribution in [0.25, 0.3) is 10.9 Å². The van der Waals surface area contributed by atoms with Gasteiger partial charge in [0.25, 0.3) is 0 Å². The van der Waals surface area contributed by atoms with Gasteiger partial charge in [0.2, 0.25) is 0 Å². The van der Waals surface area contributed by atoms with Gasteiger partial charge < -0.3 is 9.47 Å². The average molecular weight is 380 g/mol. The third-order valence-corrected chi connectivity index (χ3v) is 6.34. The fourth-order valence-electron chi connectivity index (χ4n) is 4.79. The van der Waals surface area contributed by atoms with E-state index >= 15 is 0 Å². The molecule has 5 nitrogen and oxygen atoms in total. The molecule has 1 unspecified atom stereocenters. The van der Waals surface area contributed by atoms with Gasteiger partial charge in [-0.3, -0.25) is 14.7 Å². The second-order valence-corrected chi connectivity index (χ2v) is 7.79. The van der Waals surface area contributed by atoms with Gasteiger partial charge in [0, 0.05) is 30.1 Å². The Balaban J connectivity index is 1.76. The number of pyridine rings is 1. The quantitative estimate of drug-likeness (QED) is 0.557. The van der Waals surface area contributed by atoms with Crippen molar-refractivity contribution >= 4 is 16.9 Å². The van der Waals surface area contributed by atoms with E-state index in [1.165, 1.54) is 6.42 Å². The van der Waals surface area contributed by atoms with Gasteiger partial charge in [0.1, 0.15) is 11.9 Å². The standard InChI is InChI=1S/C23H28N2O3/c1-4-15-14-25-11-9-16(15)12-21(25)23(28-22(26)5-2)18-8-10-24-20-7-6-17(27-3)13-19(18)20/h4,6-8,10,13,15-16,21,23H,1,5,9,11-12,14H2,2-3H3/t15-,16+,21-,23+/m1/s1. The predicted octanol–water partition coefficient (Wildman–Crippen LogP) is 4.13. The van der Waals surface area contributed by atoms with Crippen molar-refractivity contribution in [2.75, 3.05) is 20.2 Å². The van der Waals surface area contributed by atoms with Crippen molar-refractivity contribution in [3.05, 3.63) is 48.7 Å². The number of ether oxygens (including phenoxy) is 2. The number of hydrogen-bond donors (Lipinski definition) is 0. The molecule has 0 saturated carbocycles. The summed E-state index contributed by atoms with van der Waals surface area (Å²) in [6.45, 7) is 7.90. The minimum Gasteiger partial charge on any atom is -0.497 e. The molecule has 2 aromatic rings. The Morgan fingerprint density at radius 2 is 2.29 bits per heavy atom. The van der Waals surface area contributed by atoms with Crippen LogP contribution in [0.15, 0.2) is 43.1 Å². The third-order valence-electron chi connectivity index (χ3n) is 6.34. The maximum atomic E-state index is 12.3. The first-order valence-electron chi connectivity index (χ1n) is 10.1. The summed E-state index contributed by atoms with van der Waals surface area (Å²) in [5.74, 6) is 1.75. The molecule has 0 N–H and O–H groups in total. The van der Waals surface area contributed by atoms with Crippen molar-refractivity contribution in [3.63, 3.8) is 0 Å². The summed E-state index contributed by atoms with van der Waals surface area (Å²) in [5, 5.41) is 0.985. The van der Waals surface area contributed by atoms with Gasteiger partial charge in [-0.25, -0.2) is 0 Å². The number of aromatic nitrogens is 1. The zero-order valence-corrected chi connectivity index (χ0v) is 16.6. The number of nitrogens with zero attached hydrogens (tertiary/aromatic N) is 2. The smallest absolute Gasteiger partial charge is 0.306 e. The minimum absolute atomic E-state index is 0.166. The summed E-state index contributed by atoms with van der Waals surface area (Å²) >= 11 is 0. The molecule has 0 aliphatic carbocycles. The van der Waals surface area contributed by atoms with Crippen molar-refractivity contribution in [3.8, 4) is 5.75 Å². The van der Waals surface area contributed by atoms with Gasteiger partial charge in [-0.05, 0) is 55.5 Å². The topological polar surface area (TPSA) is 51.7 Å². The number of hydrogen-bond acceptors (Lipinski definition) is 5. The van der Waals surface area contributed by atoms with E-state index in [0.29, 0.717) is 18.3 Å². The number of carbonyl (C=O) groups excluding carboxylic acids is 1. The van der Waals surface area contributed by atoms with E-state index < -0.39 is 0 Å². The molecule has 4 heterocycles. The van der Waals surface area contributed by atoms with E-state index in [-0.39, 0.29) is 18.1 Å². The summed E-state index contributed by atoms with van der Waals surface area (Å²) < 4.78 is 11.5. The summed E-state index contributed by atoms with van der Waals surface area (Å²) in [4.78, 5) is 19.3. The van der Waals surface area contributed by atoms with E-state index in [1.807, 2.05) is 31.2 Å². The van der Waals surface area contributed by atoms with Crippen LogP contribution in [0.5, 0.6) is 5.75 Å². The summed E-state index contributed by atoms with van der Waals surface area (Å²) in [6.07, 6.45) is 6.17. The molecular weight excluding hydrogens is 352 g/mol. The van der Waals surface area contributed by atoms with Gasteiger partial charge in [-0.15, -0.1) is 6.58 Å². The van der Waals surface area contributed by atoms with Crippen LogP contribution in [0.3, 0.4) is 0 Å². The Morgan fingerprint density at radius 3 is 2.96 bits per heavy atom. The van der Waals surface area contributed by atoms with Crippen molar-refractivity contribution in [2.24, 2.45) is 11.8 Å². The van der Waals surface area contributed by atoms with Gasteiger partial charge in [-0.2, -0.15) is 0 Å². The first-order chi connectivity index (χ1) is 13.6. The number of benzene rings is 1. The van der Waals surface area contributed by atoms with E-state index in [9.17, 15) is 4.79 Å². The lowest BCUT2D eigenvalue weighted by Crippen LogP contribution is -2.55. The van der Waals surface area contributed by atoms with E-state index in [2.05, 4.69) is 22.5 Å². The Hall–Kier alpha value is -2.40.